The van der Waals surface area contributed by atoms with Crippen LogP contribution in [0, 0.1) is 0 Å². The van der Waals surface area contributed by atoms with Crippen LogP contribution in [-0.2, 0) is 6.54 Å². The van der Waals surface area contributed by atoms with Crippen LogP contribution in [0.2, 0.25) is 5.02 Å². The number of carbonyl (C=O) groups excluding carboxylic acids is 1. The van der Waals surface area contributed by atoms with Gasteiger partial charge in [0.2, 0.25) is 0 Å². The Morgan fingerprint density at radius 1 is 1.42 bits per heavy atom. The normalized spacial score (nSPS) is 10.0. The average molecular weight is 277 g/mol. The summed E-state index contributed by atoms with van der Waals surface area (Å²) in [6.45, 7) is 0.412. The van der Waals surface area contributed by atoms with E-state index < -0.39 is 0 Å². The minimum absolute atomic E-state index is 0.225. The van der Waals surface area contributed by atoms with Gasteiger partial charge in [-0.3, -0.25) is 9.78 Å². The topological polar surface area (TPSA) is 51.2 Å². The average Bonchev–Trinajstić information content (AvgIpc) is 2.45. The molecule has 0 spiro atoms. The van der Waals surface area contributed by atoms with E-state index in [9.17, 15) is 4.79 Å². The number of methoxy groups -OCH3 is 1. The molecule has 2 rings (SSSR count). The predicted octanol–water partition coefficient (Wildman–Crippen LogP) is 2.67. The van der Waals surface area contributed by atoms with Gasteiger partial charge in [-0.1, -0.05) is 17.7 Å². The second kappa shape index (κ2) is 6.20. The highest BCUT2D eigenvalue weighted by Gasteiger charge is 2.10. The van der Waals surface area contributed by atoms with Crippen LogP contribution in [0.5, 0.6) is 5.75 Å². The summed E-state index contributed by atoms with van der Waals surface area (Å²) >= 11 is 6.03. The molecule has 1 N–H and O–H groups in total. The second-order valence-electron chi connectivity index (χ2n) is 3.89. The monoisotopic (exact) mass is 276 g/mol. The molecule has 2 aromatic rings. The Balaban J connectivity index is 2.04. The Labute approximate surface area is 116 Å². The number of halogens is 1. The molecule has 1 amide bonds. The SMILES string of the molecule is COc1ccc(C(=O)NCc2cccnc2)c(Cl)c1. The highest BCUT2D eigenvalue weighted by Crippen LogP contribution is 2.22. The summed E-state index contributed by atoms with van der Waals surface area (Å²) in [6.07, 6.45) is 3.39. The van der Waals surface area contributed by atoms with Crippen LogP contribution in [0.4, 0.5) is 0 Å². The number of aromatic nitrogens is 1. The molecule has 0 aliphatic carbocycles. The van der Waals surface area contributed by atoms with Crippen LogP contribution in [0.25, 0.3) is 0 Å². The molecule has 0 aliphatic rings. The van der Waals surface area contributed by atoms with Gasteiger partial charge in [0.15, 0.2) is 0 Å². The number of hydrogen-bond donors (Lipinski definition) is 1. The Kier molecular flexibility index (Phi) is 4.36. The number of benzene rings is 1. The zero-order valence-electron chi connectivity index (χ0n) is 10.4. The molecule has 1 aromatic carbocycles. The van der Waals surface area contributed by atoms with Crippen molar-refractivity contribution >= 4 is 17.5 Å². The van der Waals surface area contributed by atoms with Crippen molar-refractivity contribution in [2.45, 2.75) is 6.54 Å². The van der Waals surface area contributed by atoms with Gasteiger partial charge in [-0.25, -0.2) is 0 Å². The van der Waals surface area contributed by atoms with Gasteiger partial charge in [0, 0.05) is 18.9 Å². The number of rotatable bonds is 4. The van der Waals surface area contributed by atoms with Gasteiger partial charge in [0.1, 0.15) is 5.75 Å². The minimum Gasteiger partial charge on any atom is -0.497 e. The summed E-state index contributed by atoms with van der Waals surface area (Å²) in [5.41, 5.74) is 1.35. The van der Waals surface area contributed by atoms with Crippen molar-refractivity contribution in [1.29, 1.82) is 0 Å². The largest absolute Gasteiger partial charge is 0.497 e. The molecule has 0 fully saturated rings. The molecule has 5 heteroatoms. The van der Waals surface area contributed by atoms with E-state index in [1.807, 2.05) is 12.1 Å². The molecule has 0 atom stereocenters. The number of pyridine rings is 1. The minimum atomic E-state index is -0.225. The lowest BCUT2D eigenvalue weighted by Gasteiger charge is -2.08. The molecule has 1 heterocycles. The van der Waals surface area contributed by atoms with Crippen molar-refractivity contribution in [1.82, 2.24) is 10.3 Å². The molecule has 0 unspecified atom stereocenters. The molecular formula is C14H13ClN2O2. The number of nitrogens with one attached hydrogen (secondary N) is 1. The van der Waals surface area contributed by atoms with E-state index in [4.69, 9.17) is 16.3 Å². The first-order chi connectivity index (χ1) is 9.20. The molecule has 98 valence electrons. The van der Waals surface area contributed by atoms with Crippen LogP contribution in [-0.4, -0.2) is 18.0 Å². The Morgan fingerprint density at radius 3 is 2.89 bits per heavy atom. The van der Waals surface area contributed by atoms with Crippen LogP contribution in [0.15, 0.2) is 42.7 Å². The van der Waals surface area contributed by atoms with E-state index in [-0.39, 0.29) is 5.91 Å². The molecule has 19 heavy (non-hydrogen) atoms. The molecule has 0 saturated carbocycles. The lowest BCUT2D eigenvalue weighted by Crippen LogP contribution is -2.23. The Hall–Kier alpha value is -2.07. The van der Waals surface area contributed by atoms with E-state index in [1.54, 1.807) is 37.7 Å². The molecule has 1 aromatic heterocycles. The number of carbonyl (C=O) groups is 1. The third kappa shape index (κ3) is 3.45. The van der Waals surface area contributed by atoms with Gasteiger partial charge >= 0.3 is 0 Å². The highest BCUT2D eigenvalue weighted by atomic mass is 35.5. The summed E-state index contributed by atoms with van der Waals surface area (Å²) in [7, 11) is 1.55. The van der Waals surface area contributed by atoms with Crippen LogP contribution < -0.4 is 10.1 Å². The highest BCUT2D eigenvalue weighted by molar-refractivity contribution is 6.34. The van der Waals surface area contributed by atoms with Gasteiger partial charge in [-0.2, -0.15) is 0 Å². The summed E-state index contributed by atoms with van der Waals surface area (Å²) in [5, 5.41) is 3.15. The molecule has 0 aliphatic heterocycles. The fourth-order valence-corrected chi connectivity index (χ4v) is 1.84. The summed E-state index contributed by atoms with van der Waals surface area (Å²) in [6, 6.07) is 8.66. The first-order valence-corrected chi connectivity index (χ1v) is 6.09. The lowest BCUT2D eigenvalue weighted by atomic mass is 10.2. The first kappa shape index (κ1) is 13.4. The molecule has 0 bridgehead atoms. The number of ether oxygens (including phenoxy) is 1. The second-order valence-corrected chi connectivity index (χ2v) is 4.30. The maximum absolute atomic E-state index is 12.0. The van der Waals surface area contributed by atoms with Crippen molar-refractivity contribution in [2.75, 3.05) is 7.11 Å². The van der Waals surface area contributed by atoms with E-state index in [1.165, 1.54) is 0 Å². The number of amides is 1. The third-order valence-electron chi connectivity index (χ3n) is 2.60. The quantitative estimate of drug-likeness (QED) is 0.934. The first-order valence-electron chi connectivity index (χ1n) is 5.71. The fourth-order valence-electron chi connectivity index (χ4n) is 1.59. The van der Waals surface area contributed by atoms with Crippen molar-refractivity contribution in [3.05, 3.63) is 58.9 Å². The van der Waals surface area contributed by atoms with E-state index in [2.05, 4.69) is 10.3 Å². The molecule has 0 saturated heterocycles. The van der Waals surface area contributed by atoms with E-state index in [0.717, 1.165) is 5.56 Å². The van der Waals surface area contributed by atoms with Gasteiger partial charge in [-0.15, -0.1) is 0 Å². The van der Waals surface area contributed by atoms with Gasteiger partial charge in [-0.05, 0) is 29.8 Å². The summed E-state index contributed by atoms with van der Waals surface area (Å²) in [4.78, 5) is 16.0. The van der Waals surface area contributed by atoms with Crippen molar-refractivity contribution in [3.63, 3.8) is 0 Å². The Morgan fingerprint density at radius 2 is 2.26 bits per heavy atom. The van der Waals surface area contributed by atoms with Crippen LogP contribution in [0.3, 0.4) is 0 Å². The van der Waals surface area contributed by atoms with E-state index >= 15 is 0 Å². The van der Waals surface area contributed by atoms with Gasteiger partial charge in [0.05, 0.1) is 17.7 Å². The molecular weight excluding hydrogens is 264 g/mol. The third-order valence-corrected chi connectivity index (χ3v) is 2.91. The Bertz CT molecular complexity index is 573. The molecule has 0 radical (unpaired) electrons. The zero-order chi connectivity index (χ0) is 13.7. The number of nitrogens with zero attached hydrogens (tertiary/aromatic N) is 1. The standard InChI is InChI=1S/C14H13ClN2O2/c1-19-11-4-5-12(13(15)7-11)14(18)17-9-10-3-2-6-16-8-10/h2-8H,9H2,1H3,(H,17,18). The smallest absolute Gasteiger partial charge is 0.253 e. The fraction of sp³-hybridized carbons (Fsp3) is 0.143. The van der Waals surface area contributed by atoms with Crippen molar-refractivity contribution in [3.8, 4) is 5.75 Å². The predicted molar refractivity (Wildman–Crippen MR) is 73.4 cm³/mol. The maximum atomic E-state index is 12.0. The summed E-state index contributed by atoms with van der Waals surface area (Å²) in [5.74, 6) is 0.394. The van der Waals surface area contributed by atoms with E-state index in [0.29, 0.717) is 22.9 Å². The van der Waals surface area contributed by atoms with Gasteiger partial charge in [0.25, 0.3) is 5.91 Å². The zero-order valence-corrected chi connectivity index (χ0v) is 11.1. The maximum Gasteiger partial charge on any atom is 0.253 e. The number of hydrogen-bond acceptors (Lipinski definition) is 3. The van der Waals surface area contributed by atoms with Crippen molar-refractivity contribution < 1.29 is 9.53 Å². The van der Waals surface area contributed by atoms with Crippen LogP contribution in [0.1, 0.15) is 15.9 Å². The molecule has 4 nitrogen and oxygen atoms in total. The van der Waals surface area contributed by atoms with Crippen molar-refractivity contribution in [2.24, 2.45) is 0 Å². The lowest BCUT2D eigenvalue weighted by molar-refractivity contribution is 0.0951. The van der Waals surface area contributed by atoms with Crippen LogP contribution >= 0.6 is 11.6 Å². The van der Waals surface area contributed by atoms with Gasteiger partial charge < -0.3 is 10.1 Å². The summed E-state index contributed by atoms with van der Waals surface area (Å²) < 4.78 is 5.03.